The van der Waals surface area contributed by atoms with Gasteiger partial charge in [-0.15, -0.1) is 11.6 Å². The van der Waals surface area contributed by atoms with Crippen LogP contribution in [0.1, 0.15) is 26.2 Å². The molecule has 0 saturated carbocycles. The molecule has 0 aromatic carbocycles. The van der Waals surface area contributed by atoms with Crippen LogP contribution in [0, 0.1) is 11.3 Å². The normalized spacial score (nSPS) is 30.1. The zero-order chi connectivity index (χ0) is 10.6. The van der Waals surface area contributed by atoms with Crippen molar-refractivity contribution < 1.29 is 4.39 Å². The molecular weight excluding hydrogens is 203 g/mol. The van der Waals surface area contributed by atoms with Gasteiger partial charge in [-0.25, -0.2) is 4.39 Å². The molecule has 0 bridgehead atoms. The lowest BCUT2D eigenvalue weighted by atomic mass is 10.2. The second kappa shape index (κ2) is 5.53. The van der Waals surface area contributed by atoms with E-state index in [0.29, 0.717) is 19.5 Å². The van der Waals surface area contributed by atoms with Crippen LogP contribution in [-0.4, -0.2) is 35.6 Å². The fraction of sp³-hybridized carbons (Fsp3) is 0.900. The van der Waals surface area contributed by atoms with Crippen LogP contribution in [0.4, 0.5) is 4.39 Å². The zero-order valence-corrected chi connectivity index (χ0v) is 9.17. The largest absolute Gasteiger partial charge is 0.284 e. The maximum atomic E-state index is 13.0. The van der Waals surface area contributed by atoms with Crippen LogP contribution < -0.4 is 0 Å². The topological polar surface area (TPSA) is 27.0 Å². The van der Waals surface area contributed by atoms with Gasteiger partial charge in [-0.05, 0) is 6.42 Å². The van der Waals surface area contributed by atoms with E-state index in [2.05, 4.69) is 13.0 Å². The van der Waals surface area contributed by atoms with E-state index in [-0.39, 0.29) is 11.4 Å². The van der Waals surface area contributed by atoms with Crippen molar-refractivity contribution in [1.82, 2.24) is 4.90 Å². The van der Waals surface area contributed by atoms with E-state index in [1.54, 1.807) is 0 Å². The third-order valence-electron chi connectivity index (χ3n) is 2.54. The number of hydrogen-bond acceptors (Lipinski definition) is 2. The van der Waals surface area contributed by atoms with Crippen molar-refractivity contribution in [2.45, 2.75) is 43.8 Å². The molecule has 0 radical (unpaired) electrons. The van der Waals surface area contributed by atoms with Crippen molar-refractivity contribution in [3.05, 3.63) is 0 Å². The molecule has 0 N–H and O–H groups in total. The number of likely N-dealkylation sites (tertiary alicyclic amines) is 1. The Morgan fingerprint density at radius 3 is 3.00 bits per heavy atom. The Morgan fingerprint density at radius 1 is 1.71 bits per heavy atom. The van der Waals surface area contributed by atoms with Gasteiger partial charge in [-0.1, -0.05) is 13.3 Å². The van der Waals surface area contributed by atoms with E-state index in [0.717, 1.165) is 12.8 Å². The van der Waals surface area contributed by atoms with E-state index in [4.69, 9.17) is 16.9 Å². The smallest absolute Gasteiger partial charge is 0.115 e. The summed E-state index contributed by atoms with van der Waals surface area (Å²) >= 11 is 6.06. The Bertz CT molecular complexity index is 217. The molecule has 1 saturated heterocycles. The third kappa shape index (κ3) is 3.11. The standard InChI is InChI=1S/C10H16ClFN2/c1-2-3-8(11)6-14-7-9(12)4-10(14)5-13/h8-10H,2-4,6-7H2,1H3/t8?,9?,10-/m0/s1. The molecule has 80 valence electrons. The number of hydrogen-bond donors (Lipinski definition) is 0. The van der Waals surface area contributed by atoms with Crippen LogP contribution in [-0.2, 0) is 0 Å². The van der Waals surface area contributed by atoms with Gasteiger partial charge in [0.2, 0.25) is 0 Å². The van der Waals surface area contributed by atoms with E-state index < -0.39 is 6.17 Å². The van der Waals surface area contributed by atoms with Crippen LogP contribution in [0.3, 0.4) is 0 Å². The fourth-order valence-corrected chi connectivity index (χ4v) is 2.24. The van der Waals surface area contributed by atoms with Crippen molar-refractivity contribution in [3.8, 4) is 6.07 Å². The Labute approximate surface area is 89.6 Å². The molecule has 1 heterocycles. The average Bonchev–Trinajstić information content (AvgIpc) is 2.46. The van der Waals surface area contributed by atoms with Crippen LogP contribution in [0.2, 0.25) is 0 Å². The molecule has 2 unspecified atom stereocenters. The Hall–Kier alpha value is -0.330. The molecule has 1 fully saturated rings. The highest BCUT2D eigenvalue weighted by atomic mass is 35.5. The minimum absolute atomic E-state index is 0.0427. The van der Waals surface area contributed by atoms with Crippen molar-refractivity contribution in [3.63, 3.8) is 0 Å². The summed E-state index contributed by atoms with van der Waals surface area (Å²) in [5, 5.41) is 8.84. The summed E-state index contributed by atoms with van der Waals surface area (Å²) in [6, 6.07) is 1.84. The quantitative estimate of drug-likeness (QED) is 0.678. The molecule has 0 aliphatic carbocycles. The second-order valence-electron chi connectivity index (χ2n) is 3.82. The summed E-state index contributed by atoms with van der Waals surface area (Å²) in [6.07, 6.45) is 1.43. The molecule has 2 nitrogen and oxygen atoms in total. The van der Waals surface area contributed by atoms with Crippen LogP contribution in [0.25, 0.3) is 0 Å². The Morgan fingerprint density at radius 2 is 2.43 bits per heavy atom. The highest BCUT2D eigenvalue weighted by Crippen LogP contribution is 2.21. The first-order valence-electron chi connectivity index (χ1n) is 5.09. The maximum absolute atomic E-state index is 13.0. The van der Waals surface area contributed by atoms with Crippen LogP contribution in [0.5, 0.6) is 0 Å². The third-order valence-corrected chi connectivity index (χ3v) is 2.89. The van der Waals surface area contributed by atoms with Gasteiger partial charge < -0.3 is 0 Å². The minimum Gasteiger partial charge on any atom is -0.284 e. The summed E-state index contributed by atoms with van der Waals surface area (Å²) in [5.41, 5.74) is 0. The number of nitrogens with zero attached hydrogens (tertiary/aromatic N) is 2. The van der Waals surface area contributed by atoms with Gasteiger partial charge in [0.25, 0.3) is 0 Å². The number of rotatable bonds is 4. The first kappa shape index (κ1) is 11.7. The predicted octanol–water partition coefficient (Wildman–Crippen LogP) is 2.33. The van der Waals surface area contributed by atoms with Gasteiger partial charge in [0.15, 0.2) is 0 Å². The molecule has 0 aromatic heterocycles. The summed E-state index contributed by atoms with van der Waals surface area (Å²) in [7, 11) is 0. The average molecular weight is 219 g/mol. The number of nitriles is 1. The van der Waals surface area contributed by atoms with Crippen molar-refractivity contribution in [1.29, 1.82) is 5.26 Å². The highest BCUT2D eigenvalue weighted by molar-refractivity contribution is 6.20. The molecule has 0 amide bonds. The van der Waals surface area contributed by atoms with Crippen molar-refractivity contribution >= 4 is 11.6 Å². The molecule has 0 spiro atoms. The van der Waals surface area contributed by atoms with E-state index in [9.17, 15) is 4.39 Å². The summed E-state index contributed by atoms with van der Waals surface area (Å²) in [5.74, 6) is 0. The molecule has 3 atom stereocenters. The van der Waals surface area contributed by atoms with Crippen molar-refractivity contribution in [2.75, 3.05) is 13.1 Å². The molecule has 14 heavy (non-hydrogen) atoms. The molecule has 1 aliphatic rings. The monoisotopic (exact) mass is 218 g/mol. The lowest BCUT2D eigenvalue weighted by Crippen LogP contribution is -2.34. The molecule has 1 aliphatic heterocycles. The van der Waals surface area contributed by atoms with Gasteiger partial charge in [0, 0.05) is 24.9 Å². The van der Waals surface area contributed by atoms with Crippen molar-refractivity contribution in [2.24, 2.45) is 0 Å². The van der Waals surface area contributed by atoms with Gasteiger partial charge in [0.1, 0.15) is 12.2 Å². The first-order valence-corrected chi connectivity index (χ1v) is 5.52. The molecule has 0 aromatic rings. The molecule has 1 rings (SSSR count). The molecule has 4 heteroatoms. The van der Waals surface area contributed by atoms with Gasteiger partial charge in [-0.2, -0.15) is 5.26 Å². The fourth-order valence-electron chi connectivity index (χ4n) is 1.84. The van der Waals surface area contributed by atoms with Gasteiger partial charge in [0.05, 0.1) is 6.07 Å². The Kier molecular flexibility index (Phi) is 4.64. The predicted molar refractivity (Wildman–Crippen MR) is 55.0 cm³/mol. The van der Waals surface area contributed by atoms with Crippen LogP contribution in [0.15, 0.2) is 0 Å². The first-order chi connectivity index (χ1) is 6.67. The second-order valence-corrected chi connectivity index (χ2v) is 4.43. The van der Waals surface area contributed by atoms with E-state index >= 15 is 0 Å². The minimum atomic E-state index is -0.856. The number of halogens is 2. The molecular formula is C10H16ClFN2. The van der Waals surface area contributed by atoms with Crippen LogP contribution >= 0.6 is 11.6 Å². The lowest BCUT2D eigenvalue weighted by Gasteiger charge is -2.21. The van der Waals surface area contributed by atoms with Gasteiger partial charge in [-0.3, -0.25) is 4.90 Å². The summed E-state index contributed by atoms with van der Waals surface area (Å²) < 4.78 is 13.0. The zero-order valence-electron chi connectivity index (χ0n) is 8.42. The Balaban J connectivity index is 2.40. The number of alkyl halides is 2. The highest BCUT2D eigenvalue weighted by Gasteiger charge is 2.32. The summed E-state index contributed by atoms with van der Waals surface area (Å²) in [4.78, 5) is 1.86. The lowest BCUT2D eigenvalue weighted by molar-refractivity contribution is 0.266. The van der Waals surface area contributed by atoms with Gasteiger partial charge >= 0.3 is 0 Å². The van der Waals surface area contributed by atoms with E-state index in [1.807, 2.05) is 4.90 Å². The summed E-state index contributed by atoms with van der Waals surface area (Å²) in [6.45, 7) is 3.07. The maximum Gasteiger partial charge on any atom is 0.115 e. The SMILES string of the molecule is CCCC(Cl)CN1CC(F)C[C@H]1C#N. The van der Waals surface area contributed by atoms with E-state index in [1.165, 1.54) is 0 Å².